The van der Waals surface area contributed by atoms with E-state index in [1.807, 2.05) is 0 Å². The zero-order chi connectivity index (χ0) is 9.42. The van der Waals surface area contributed by atoms with Crippen molar-refractivity contribution >= 4 is 0 Å². The van der Waals surface area contributed by atoms with Crippen LogP contribution in [0.2, 0.25) is 0 Å². The molecule has 1 aliphatic carbocycles. The number of hydrogen-bond donors (Lipinski definition) is 1. The number of alkyl halides is 1. The van der Waals surface area contributed by atoms with Gasteiger partial charge in [0.2, 0.25) is 0 Å². The van der Waals surface area contributed by atoms with Crippen molar-refractivity contribution in [2.24, 2.45) is 5.73 Å². The summed E-state index contributed by atoms with van der Waals surface area (Å²) in [4.78, 5) is 0. The number of hydrogen-bond acceptors (Lipinski definition) is 1. The maximum absolute atomic E-state index is 13.1. The molecule has 1 aliphatic rings. The summed E-state index contributed by atoms with van der Waals surface area (Å²) in [6, 6.07) is 3.78. The fourth-order valence-corrected chi connectivity index (χ4v) is 1.78. The predicted octanol–water partition coefficient (Wildman–Crippen LogP) is 2.11. The highest BCUT2D eigenvalue weighted by Gasteiger charge is 2.26. The van der Waals surface area contributed by atoms with Crippen LogP contribution in [0.25, 0.3) is 0 Å². The molecule has 0 fully saturated rings. The SMILES string of the molecule is N[C@@H]1c2ccc(F)cc2CC[C@@H]1F. The fourth-order valence-electron chi connectivity index (χ4n) is 1.78. The summed E-state index contributed by atoms with van der Waals surface area (Å²) in [7, 11) is 0. The van der Waals surface area contributed by atoms with Gasteiger partial charge >= 0.3 is 0 Å². The van der Waals surface area contributed by atoms with Gasteiger partial charge in [0.05, 0.1) is 6.04 Å². The molecule has 0 spiro atoms. The van der Waals surface area contributed by atoms with Crippen LogP contribution in [0.1, 0.15) is 23.6 Å². The first-order chi connectivity index (χ1) is 6.18. The van der Waals surface area contributed by atoms with Crippen LogP contribution in [0, 0.1) is 5.82 Å². The van der Waals surface area contributed by atoms with E-state index in [1.165, 1.54) is 12.1 Å². The first-order valence-electron chi connectivity index (χ1n) is 4.36. The Bertz CT molecular complexity index is 325. The molecule has 2 atom stereocenters. The van der Waals surface area contributed by atoms with Gasteiger partial charge in [-0.1, -0.05) is 6.07 Å². The van der Waals surface area contributed by atoms with Crippen LogP contribution in [0.15, 0.2) is 18.2 Å². The number of aryl methyl sites for hydroxylation is 1. The van der Waals surface area contributed by atoms with E-state index in [9.17, 15) is 8.78 Å². The second-order valence-electron chi connectivity index (χ2n) is 3.42. The molecular weight excluding hydrogens is 172 g/mol. The molecule has 70 valence electrons. The van der Waals surface area contributed by atoms with E-state index >= 15 is 0 Å². The normalized spacial score (nSPS) is 27.0. The van der Waals surface area contributed by atoms with E-state index in [-0.39, 0.29) is 5.82 Å². The zero-order valence-electron chi connectivity index (χ0n) is 7.13. The minimum Gasteiger partial charge on any atom is -0.322 e. The van der Waals surface area contributed by atoms with E-state index in [2.05, 4.69) is 0 Å². The fraction of sp³-hybridized carbons (Fsp3) is 0.400. The Morgan fingerprint density at radius 1 is 1.38 bits per heavy atom. The quantitative estimate of drug-likeness (QED) is 0.655. The third kappa shape index (κ3) is 1.44. The highest BCUT2D eigenvalue weighted by atomic mass is 19.1. The molecule has 2 N–H and O–H groups in total. The lowest BCUT2D eigenvalue weighted by Crippen LogP contribution is -2.28. The van der Waals surface area contributed by atoms with E-state index in [4.69, 9.17) is 5.73 Å². The second kappa shape index (κ2) is 3.07. The number of benzene rings is 1. The number of halogens is 2. The van der Waals surface area contributed by atoms with Crippen molar-refractivity contribution < 1.29 is 8.78 Å². The lowest BCUT2D eigenvalue weighted by Gasteiger charge is -2.25. The molecule has 0 aliphatic heterocycles. The van der Waals surface area contributed by atoms with Gasteiger partial charge in [0, 0.05) is 0 Å². The second-order valence-corrected chi connectivity index (χ2v) is 3.42. The van der Waals surface area contributed by atoms with Crippen molar-refractivity contribution in [3.05, 3.63) is 35.1 Å². The summed E-state index contributed by atoms with van der Waals surface area (Å²) in [5.41, 5.74) is 7.24. The maximum atomic E-state index is 13.1. The molecule has 13 heavy (non-hydrogen) atoms. The van der Waals surface area contributed by atoms with Crippen LogP contribution in [0.4, 0.5) is 8.78 Å². The minimum absolute atomic E-state index is 0.275. The molecule has 1 nitrogen and oxygen atoms in total. The first kappa shape index (κ1) is 8.63. The molecular formula is C10H11F2N. The summed E-state index contributed by atoms with van der Waals surface area (Å²) in [6.45, 7) is 0. The summed E-state index contributed by atoms with van der Waals surface area (Å²) in [5, 5.41) is 0. The van der Waals surface area contributed by atoms with Crippen molar-refractivity contribution in [1.82, 2.24) is 0 Å². The van der Waals surface area contributed by atoms with Gasteiger partial charge in [-0.05, 0) is 36.1 Å². The third-order valence-electron chi connectivity index (χ3n) is 2.54. The van der Waals surface area contributed by atoms with Gasteiger partial charge in [0.15, 0.2) is 0 Å². The zero-order valence-corrected chi connectivity index (χ0v) is 7.13. The Morgan fingerprint density at radius 3 is 2.92 bits per heavy atom. The Balaban J connectivity index is 2.44. The van der Waals surface area contributed by atoms with E-state index in [1.54, 1.807) is 6.07 Å². The Hall–Kier alpha value is -0.960. The van der Waals surface area contributed by atoms with E-state index < -0.39 is 12.2 Å². The van der Waals surface area contributed by atoms with Crippen LogP contribution in [-0.2, 0) is 6.42 Å². The van der Waals surface area contributed by atoms with Crippen molar-refractivity contribution in [3.8, 4) is 0 Å². The van der Waals surface area contributed by atoms with Gasteiger partial charge < -0.3 is 5.73 Å². The lowest BCUT2D eigenvalue weighted by molar-refractivity contribution is 0.254. The Labute approximate surface area is 75.6 Å². The van der Waals surface area contributed by atoms with Crippen molar-refractivity contribution in [3.63, 3.8) is 0 Å². The number of fused-ring (bicyclic) bond motifs is 1. The third-order valence-corrected chi connectivity index (χ3v) is 2.54. The standard InChI is InChI=1S/C10H11F2N/c11-7-2-3-8-6(5-7)1-4-9(12)10(8)13/h2-3,5,9-10H,1,4,13H2/t9-,10+/m0/s1. The summed E-state index contributed by atoms with van der Waals surface area (Å²) >= 11 is 0. The van der Waals surface area contributed by atoms with Crippen LogP contribution in [-0.4, -0.2) is 6.17 Å². The van der Waals surface area contributed by atoms with Gasteiger partial charge in [0.25, 0.3) is 0 Å². The lowest BCUT2D eigenvalue weighted by atomic mass is 9.87. The molecule has 0 bridgehead atoms. The summed E-state index contributed by atoms with van der Waals surface area (Å²) < 4.78 is 25.9. The molecule has 0 heterocycles. The van der Waals surface area contributed by atoms with Crippen molar-refractivity contribution in [2.75, 3.05) is 0 Å². The topological polar surface area (TPSA) is 26.0 Å². The van der Waals surface area contributed by atoms with E-state index in [0.29, 0.717) is 12.8 Å². The summed E-state index contributed by atoms with van der Waals surface area (Å²) in [6.07, 6.45) is -0.00230. The smallest absolute Gasteiger partial charge is 0.123 e. The van der Waals surface area contributed by atoms with Crippen LogP contribution < -0.4 is 5.73 Å². The molecule has 2 rings (SSSR count). The maximum Gasteiger partial charge on any atom is 0.123 e. The molecule has 0 aromatic heterocycles. The van der Waals surface area contributed by atoms with E-state index in [0.717, 1.165) is 11.1 Å². The molecule has 0 radical (unpaired) electrons. The van der Waals surface area contributed by atoms with Crippen molar-refractivity contribution in [1.29, 1.82) is 0 Å². The molecule has 1 aromatic rings. The Kier molecular flexibility index (Phi) is 2.04. The van der Waals surface area contributed by atoms with Crippen LogP contribution in [0.5, 0.6) is 0 Å². The number of nitrogens with two attached hydrogens (primary N) is 1. The highest BCUT2D eigenvalue weighted by molar-refractivity contribution is 5.33. The van der Waals surface area contributed by atoms with Gasteiger partial charge in [-0.3, -0.25) is 0 Å². The van der Waals surface area contributed by atoms with Gasteiger partial charge in [-0.2, -0.15) is 0 Å². The molecule has 0 unspecified atom stereocenters. The van der Waals surface area contributed by atoms with Gasteiger partial charge in [-0.25, -0.2) is 8.78 Å². The largest absolute Gasteiger partial charge is 0.322 e. The Morgan fingerprint density at radius 2 is 2.15 bits per heavy atom. The summed E-state index contributed by atoms with van der Waals surface area (Å²) in [5.74, 6) is -0.275. The predicted molar refractivity (Wildman–Crippen MR) is 46.5 cm³/mol. The molecule has 1 aromatic carbocycles. The van der Waals surface area contributed by atoms with Crippen LogP contribution in [0.3, 0.4) is 0 Å². The average molecular weight is 183 g/mol. The molecule has 0 amide bonds. The first-order valence-corrected chi connectivity index (χ1v) is 4.36. The monoisotopic (exact) mass is 183 g/mol. The molecule has 0 saturated carbocycles. The number of rotatable bonds is 0. The molecule has 3 heteroatoms. The van der Waals surface area contributed by atoms with Crippen molar-refractivity contribution in [2.45, 2.75) is 25.1 Å². The van der Waals surface area contributed by atoms with Crippen LogP contribution >= 0.6 is 0 Å². The van der Waals surface area contributed by atoms with Gasteiger partial charge in [-0.15, -0.1) is 0 Å². The highest BCUT2D eigenvalue weighted by Crippen LogP contribution is 2.30. The molecule has 0 saturated heterocycles. The minimum atomic E-state index is -0.988. The average Bonchev–Trinajstić information content (AvgIpc) is 2.12. The van der Waals surface area contributed by atoms with Gasteiger partial charge in [0.1, 0.15) is 12.0 Å².